The zero-order valence-corrected chi connectivity index (χ0v) is 14.7. The van der Waals surface area contributed by atoms with Gasteiger partial charge in [0.05, 0.1) is 13.2 Å². The third kappa shape index (κ3) is 5.18. The van der Waals surface area contributed by atoms with E-state index < -0.39 is 6.10 Å². The second kappa shape index (κ2) is 8.81. The largest absolute Gasteiger partial charge is 0.491 e. The Morgan fingerprint density at radius 1 is 1.12 bits per heavy atom. The first kappa shape index (κ1) is 17.7. The fourth-order valence-electron chi connectivity index (χ4n) is 3.59. The van der Waals surface area contributed by atoms with Gasteiger partial charge in [-0.1, -0.05) is 17.7 Å². The molecule has 0 unspecified atom stereocenters. The summed E-state index contributed by atoms with van der Waals surface area (Å²) in [6.45, 7) is 9.10. The summed E-state index contributed by atoms with van der Waals surface area (Å²) in [7, 11) is 0. The monoisotopic (exact) mass is 334 g/mol. The van der Waals surface area contributed by atoms with Gasteiger partial charge in [0.2, 0.25) is 0 Å². The number of aryl methyl sites for hydroxylation is 1. The Kier molecular flexibility index (Phi) is 6.49. The standard InChI is InChI=1S/C19H30N2O3/c1-16-2-4-19(5-3-16)24-15-18(22)14-20-8-6-17(7-9-20)21-10-12-23-13-11-21/h2-5,17-18,22H,6-15H2,1H3/t18-/m1/s1. The number of ether oxygens (including phenoxy) is 2. The molecule has 0 amide bonds. The Labute approximate surface area is 145 Å². The molecule has 1 aromatic rings. The molecule has 0 aromatic heterocycles. The van der Waals surface area contributed by atoms with Crippen molar-refractivity contribution in [1.29, 1.82) is 0 Å². The summed E-state index contributed by atoms with van der Waals surface area (Å²) < 4.78 is 11.1. The number of aliphatic hydroxyl groups excluding tert-OH is 1. The van der Waals surface area contributed by atoms with Crippen LogP contribution in [-0.4, -0.2) is 79.6 Å². The van der Waals surface area contributed by atoms with E-state index in [0.717, 1.165) is 45.1 Å². The van der Waals surface area contributed by atoms with E-state index >= 15 is 0 Å². The number of hydrogen-bond acceptors (Lipinski definition) is 5. The lowest BCUT2D eigenvalue weighted by Crippen LogP contribution is -2.50. The summed E-state index contributed by atoms with van der Waals surface area (Å²) in [5, 5.41) is 10.2. The minimum Gasteiger partial charge on any atom is -0.491 e. The average molecular weight is 334 g/mol. The number of rotatable bonds is 6. The van der Waals surface area contributed by atoms with Gasteiger partial charge >= 0.3 is 0 Å². The number of likely N-dealkylation sites (tertiary alicyclic amines) is 1. The van der Waals surface area contributed by atoms with Gasteiger partial charge in [0.1, 0.15) is 18.5 Å². The van der Waals surface area contributed by atoms with Crippen LogP contribution in [0.3, 0.4) is 0 Å². The molecule has 2 saturated heterocycles. The van der Waals surface area contributed by atoms with E-state index in [1.54, 1.807) is 0 Å². The highest BCUT2D eigenvalue weighted by molar-refractivity contribution is 5.26. The highest BCUT2D eigenvalue weighted by Crippen LogP contribution is 2.18. The predicted octanol–water partition coefficient (Wildman–Crippen LogP) is 1.53. The Morgan fingerprint density at radius 3 is 2.46 bits per heavy atom. The van der Waals surface area contributed by atoms with E-state index in [0.29, 0.717) is 19.2 Å². The van der Waals surface area contributed by atoms with Crippen LogP contribution in [0.2, 0.25) is 0 Å². The minimum atomic E-state index is -0.439. The number of hydrogen-bond donors (Lipinski definition) is 1. The molecule has 0 aliphatic carbocycles. The van der Waals surface area contributed by atoms with Crippen molar-refractivity contribution < 1.29 is 14.6 Å². The van der Waals surface area contributed by atoms with Gasteiger partial charge in [-0.15, -0.1) is 0 Å². The Morgan fingerprint density at radius 2 is 1.79 bits per heavy atom. The van der Waals surface area contributed by atoms with Crippen LogP contribution in [0.25, 0.3) is 0 Å². The Hall–Kier alpha value is -1.14. The molecule has 5 nitrogen and oxygen atoms in total. The molecule has 134 valence electrons. The molecular formula is C19H30N2O3. The summed E-state index contributed by atoms with van der Waals surface area (Å²) in [6, 6.07) is 8.65. The van der Waals surface area contributed by atoms with Crippen LogP contribution in [0, 0.1) is 6.92 Å². The predicted molar refractivity (Wildman–Crippen MR) is 94.5 cm³/mol. The first-order valence-electron chi connectivity index (χ1n) is 9.12. The van der Waals surface area contributed by atoms with Gasteiger partial charge in [0, 0.05) is 25.7 Å². The molecule has 0 radical (unpaired) electrons. The molecule has 1 aromatic carbocycles. The van der Waals surface area contributed by atoms with Crippen molar-refractivity contribution in [2.75, 3.05) is 52.5 Å². The molecular weight excluding hydrogens is 304 g/mol. The first-order chi connectivity index (χ1) is 11.7. The highest BCUT2D eigenvalue weighted by Gasteiger charge is 2.26. The molecule has 2 aliphatic heterocycles. The van der Waals surface area contributed by atoms with Gasteiger partial charge in [-0.05, 0) is 45.0 Å². The lowest BCUT2D eigenvalue weighted by Gasteiger charge is -2.40. The summed E-state index contributed by atoms with van der Waals surface area (Å²) in [4.78, 5) is 4.93. The molecule has 2 aliphatic rings. The van der Waals surface area contributed by atoms with Crippen LogP contribution in [0.1, 0.15) is 18.4 Å². The Bertz CT molecular complexity index is 480. The molecule has 2 fully saturated rings. The lowest BCUT2D eigenvalue weighted by molar-refractivity contribution is -0.00555. The van der Waals surface area contributed by atoms with E-state index in [-0.39, 0.29) is 0 Å². The Balaban J connectivity index is 1.35. The smallest absolute Gasteiger partial charge is 0.119 e. The van der Waals surface area contributed by atoms with Crippen molar-refractivity contribution in [2.45, 2.75) is 31.9 Å². The van der Waals surface area contributed by atoms with Gasteiger partial charge in [-0.3, -0.25) is 4.90 Å². The van der Waals surface area contributed by atoms with Crippen LogP contribution >= 0.6 is 0 Å². The molecule has 0 spiro atoms. The van der Waals surface area contributed by atoms with E-state index in [1.807, 2.05) is 24.3 Å². The van der Waals surface area contributed by atoms with Gasteiger partial charge < -0.3 is 19.5 Å². The van der Waals surface area contributed by atoms with Crippen molar-refractivity contribution >= 4 is 0 Å². The van der Waals surface area contributed by atoms with Gasteiger partial charge in [-0.2, -0.15) is 0 Å². The molecule has 1 N–H and O–H groups in total. The number of benzene rings is 1. The van der Waals surface area contributed by atoms with Crippen molar-refractivity contribution in [3.63, 3.8) is 0 Å². The SMILES string of the molecule is Cc1ccc(OC[C@H](O)CN2CCC(N3CCOCC3)CC2)cc1. The fourth-order valence-corrected chi connectivity index (χ4v) is 3.59. The normalized spacial score (nSPS) is 22.4. The molecule has 0 bridgehead atoms. The topological polar surface area (TPSA) is 45.2 Å². The van der Waals surface area contributed by atoms with E-state index in [9.17, 15) is 5.11 Å². The quantitative estimate of drug-likeness (QED) is 0.855. The number of β-amino-alcohol motifs (C(OH)–C–C–N with tert-alkyl or cyclic N) is 1. The van der Waals surface area contributed by atoms with Gasteiger partial charge in [0.15, 0.2) is 0 Å². The number of nitrogens with zero attached hydrogens (tertiary/aromatic N) is 2. The third-order valence-corrected chi connectivity index (χ3v) is 5.05. The highest BCUT2D eigenvalue weighted by atomic mass is 16.5. The second-order valence-corrected chi connectivity index (χ2v) is 6.96. The van der Waals surface area contributed by atoms with Gasteiger partial charge in [0.25, 0.3) is 0 Å². The number of piperidine rings is 1. The van der Waals surface area contributed by atoms with Crippen LogP contribution in [-0.2, 0) is 4.74 Å². The average Bonchev–Trinajstić information content (AvgIpc) is 2.63. The maximum absolute atomic E-state index is 10.2. The van der Waals surface area contributed by atoms with Crippen molar-refractivity contribution in [2.24, 2.45) is 0 Å². The van der Waals surface area contributed by atoms with E-state index in [4.69, 9.17) is 9.47 Å². The summed E-state index contributed by atoms with van der Waals surface area (Å²) in [6.07, 6.45) is 1.93. The zero-order valence-electron chi connectivity index (χ0n) is 14.7. The molecule has 3 rings (SSSR count). The molecule has 2 heterocycles. The summed E-state index contributed by atoms with van der Waals surface area (Å²) in [5.41, 5.74) is 1.21. The minimum absolute atomic E-state index is 0.354. The third-order valence-electron chi connectivity index (χ3n) is 5.05. The van der Waals surface area contributed by atoms with Crippen molar-refractivity contribution in [3.8, 4) is 5.75 Å². The van der Waals surface area contributed by atoms with E-state index in [2.05, 4.69) is 16.7 Å². The van der Waals surface area contributed by atoms with Crippen LogP contribution in [0.5, 0.6) is 5.75 Å². The van der Waals surface area contributed by atoms with Crippen LogP contribution < -0.4 is 4.74 Å². The maximum atomic E-state index is 10.2. The molecule has 0 saturated carbocycles. The molecule has 5 heteroatoms. The van der Waals surface area contributed by atoms with E-state index in [1.165, 1.54) is 18.4 Å². The fraction of sp³-hybridized carbons (Fsp3) is 0.684. The van der Waals surface area contributed by atoms with Crippen LogP contribution in [0.4, 0.5) is 0 Å². The molecule has 24 heavy (non-hydrogen) atoms. The van der Waals surface area contributed by atoms with Crippen molar-refractivity contribution in [1.82, 2.24) is 9.80 Å². The number of morpholine rings is 1. The first-order valence-corrected chi connectivity index (χ1v) is 9.12. The molecule has 1 atom stereocenters. The van der Waals surface area contributed by atoms with Crippen molar-refractivity contribution in [3.05, 3.63) is 29.8 Å². The zero-order chi connectivity index (χ0) is 16.8. The van der Waals surface area contributed by atoms with Gasteiger partial charge in [-0.25, -0.2) is 0 Å². The maximum Gasteiger partial charge on any atom is 0.119 e. The van der Waals surface area contributed by atoms with Crippen LogP contribution in [0.15, 0.2) is 24.3 Å². The lowest BCUT2D eigenvalue weighted by atomic mass is 10.0. The summed E-state index contributed by atoms with van der Waals surface area (Å²) >= 11 is 0. The summed E-state index contributed by atoms with van der Waals surface area (Å²) in [5.74, 6) is 0.825. The number of aliphatic hydroxyl groups is 1. The second-order valence-electron chi connectivity index (χ2n) is 6.96.